The normalized spacial score (nSPS) is 24.3. The number of rotatable bonds is 2. The molecule has 0 aliphatic carbocycles. The van der Waals surface area contributed by atoms with Gasteiger partial charge < -0.3 is 10.5 Å². The van der Waals surface area contributed by atoms with E-state index in [1.165, 1.54) is 0 Å². The van der Waals surface area contributed by atoms with Crippen LogP contribution >= 0.6 is 0 Å². The van der Waals surface area contributed by atoms with E-state index in [0.29, 0.717) is 0 Å². The van der Waals surface area contributed by atoms with Gasteiger partial charge in [0, 0.05) is 7.11 Å². The molecule has 1 fully saturated rings. The number of nitrogens with one attached hydrogen (secondary N) is 3. The van der Waals surface area contributed by atoms with Crippen LogP contribution in [0.3, 0.4) is 0 Å². The molecule has 0 bridgehead atoms. The quantitative estimate of drug-likeness (QED) is 0.295. The summed E-state index contributed by atoms with van der Waals surface area (Å²) in [5.41, 5.74) is 2.44. The van der Waals surface area contributed by atoms with Crippen LogP contribution in [-0.2, 0) is 14.3 Å². The first-order valence-corrected chi connectivity index (χ1v) is 3.72. The predicted octanol–water partition coefficient (Wildman–Crippen LogP) is -2.64. The summed E-state index contributed by atoms with van der Waals surface area (Å²) >= 11 is 0. The van der Waals surface area contributed by atoms with E-state index in [2.05, 4.69) is 10.5 Å². The van der Waals surface area contributed by atoms with E-state index in [1.54, 1.807) is 10.6 Å². The van der Waals surface area contributed by atoms with Gasteiger partial charge in [-0.2, -0.15) is 0 Å². The average molecular weight is 216 g/mol. The number of amides is 6. The lowest BCUT2D eigenvalue weighted by Crippen LogP contribution is -2.61. The molecule has 1 aliphatic rings. The van der Waals surface area contributed by atoms with Crippen molar-refractivity contribution in [2.24, 2.45) is 5.73 Å². The summed E-state index contributed by atoms with van der Waals surface area (Å²) in [6, 6.07) is -2.06. The molecule has 0 aromatic rings. The average Bonchev–Trinajstić information content (AvgIpc) is 2.40. The monoisotopic (exact) mass is 216 g/mol. The molecule has 0 aromatic heterocycles. The molecule has 1 rings (SSSR count). The van der Waals surface area contributed by atoms with Crippen molar-refractivity contribution in [3.63, 3.8) is 0 Å². The van der Waals surface area contributed by atoms with Gasteiger partial charge >= 0.3 is 17.8 Å². The van der Waals surface area contributed by atoms with Crippen LogP contribution in [-0.4, -0.2) is 36.7 Å². The number of methoxy groups -OCH3 is 1. The molecule has 1 unspecified atom stereocenters. The third kappa shape index (κ3) is 1.72. The van der Waals surface area contributed by atoms with Crippen molar-refractivity contribution in [1.29, 1.82) is 0 Å². The Bertz CT molecular complexity index is 353. The van der Waals surface area contributed by atoms with Gasteiger partial charge in [0.25, 0.3) is 11.8 Å². The summed E-state index contributed by atoms with van der Waals surface area (Å²) in [5.74, 6) is -2.19. The SMILES string of the molecule is COC1(C(=O)NC(N)=O)NC(=O)NC1=O. The third-order valence-corrected chi connectivity index (χ3v) is 1.70. The number of hydrogen-bond acceptors (Lipinski definition) is 5. The fourth-order valence-electron chi connectivity index (χ4n) is 1.04. The van der Waals surface area contributed by atoms with Gasteiger partial charge in [0.1, 0.15) is 0 Å². The van der Waals surface area contributed by atoms with E-state index in [1.807, 2.05) is 5.32 Å². The number of ether oxygens (including phenoxy) is 1. The summed E-state index contributed by atoms with van der Waals surface area (Å²) in [6.07, 6.45) is 0. The summed E-state index contributed by atoms with van der Waals surface area (Å²) < 4.78 is 4.58. The van der Waals surface area contributed by atoms with E-state index in [-0.39, 0.29) is 0 Å². The molecule has 0 spiro atoms. The molecule has 6 amide bonds. The Hall–Kier alpha value is -2.16. The maximum atomic E-state index is 11.4. The van der Waals surface area contributed by atoms with Gasteiger partial charge in [-0.15, -0.1) is 0 Å². The minimum absolute atomic E-state index is 0.901. The first kappa shape index (κ1) is 10.9. The van der Waals surface area contributed by atoms with E-state index < -0.39 is 29.6 Å². The van der Waals surface area contributed by atoms with Crippen LogP contribution in [0.2, 0.25) is 0 Å². The van der Waals surface area contributed by atoms with Crippen LogP contribution in [0.15, 0.2) is 0 Å². The highest BCUT2D eigenvalue weighted by atomic mass is 16.5. The topological polar surface area (TPSA) is 140 Å². The van der Waals surface area contributed by atoms with Gasteiger partial charge in [0.05, 0.1) is 0 Å². The zero-order valence-electron chi connectivity index (χ0n) is 7.62. The van der Waals surface area contributed by atoms with E-state index in [9.17, 15) is 19.2 Å². The summed E-state index contributed by atoms with van der Waals surface area (Å²) in [4.78, 5) is 43.8. The van der Waals surface area contributed by atoms with E-state index in [4.69, 9.17) is 0 Å². The fourth-order valence-corrected chi connectivity index (χ4v) is 1.04. The van der Waals surface area contributed by atoms with Gasteiger partial charge in [-0.25, -0.2) is 9.59 Å². The molecule has 82 valence electrons. The molecule has 0 radical (unpaired) electrons. The maximum Gasteiger partial charge on any atom is 0.324 e. The Labute approximate surface area is 83.3 Å². The van der Waals surface area contributed by atoms with Crippen LogP contribution in [0.5, 0.6) is 0 Å². The van der Waals surface area contributed by atoms with Gasteiger partial charge in [0.15, 0.2) is 0 Å². The lowest BCUT2D eigenvalue weighted by molar-refractivity contribution is -0.155. The number of urea groups is 2. The lowest BCUT2D eigenvalue weighted by atomic mass is 10.2. The Morgan fingerprint density at radius 2 is 2.07 bits per heavy atom. The van der Waals surface area contributed by atoms with Gasteiger partial charge in [-0.3, -0.25) is 25.5 Å². The van der Waals surface area contributed by atoms with Gasteiger partial charge in [-0.1, -0.05) is 0 Å². The van der Waals surface area contributed by atoms with Crippen molar-refractivity contribution < 1.29 is 23.9 Å². The molecule has 9 nitrogen and oxygen atoms in total. The minimum atomic E-state index is -2.24. The number of carbonyl (C=O) groups excluding carboxylic acids is 4. The van der Waals surface area contributed by atoms with Crippen molar-refractivity contribution in [3.05, 3.63) is 0 Å². The van der Waals surface area contributed by atoms with Crippen molar-refractivity contribution in [2.75, 3.05) is 7.11 Å². The number of hydrogen-bond donors (Lipinski definition) is 4. The second-order valence-corrected chi connectivity index (χ2v) is 2.61. The summed E-state index contributed by atoms with van der Waals surface area (Å²) in [6.45, 7) is 0. The van der Waals surface area contributed by atoms with E-state index in [0.717, 1.165) is 7.11 Å². The number of carbonyl (C=O) groups is 4. The van der Waals surface area contributed by atoms with Gasteiger partial charge in [-0.05, 0) is 0 Å². The van der Waals surface area contributed by atoms with Crippen LogP contribution in [0.4, 0.5) is 9.59 Å². The molecule has 1 heterocycles. The summed E-state index contributed by atoms with van der Waals surface area (Å²) in [5, 5.41) is 5.34. The summed E-state index contributed by atoms with van der Waals surface area (Å²) in [7, 11) is 1.02. The van der Waals surface area contributed by atoms with Gasteiger partial charge in [0.2, 0.25) is 0 Å². The molecule has 9 heteroatoms. The first-order chi connectivity index (χ1) is 6.92. The zero-order chi connectivity index (χ0) is 11.6. The predicted molar refractivity (Wildman–Crippen MR) is 44.1 cm³/mol. The minimum Gasteiger partial charge on any atom is -0.351 e. The molecule has 1 atom stereocenters. The Balaban J connectivity index is 2.95. The fraction of sp³-hybridized carbons (Fsp3) is 0.333. The highest BCUT2D eigenvalue weighted by Gasteiger charge is 2.54. The second kappa shape index (κ2) is 3.53. The highest BCUT2D eigenvalue weighted by Crippen LogP contribution is 2.11. The Kier molecular flexibility index (Phi) is 2.57. The molecule has 1 saturated heterocycles. The van der Waals surface area contributed by atoms with Crippen molar-refractivity contribution in [3.8, 4) is 0 Å². The first-order valence-electron chi connectivity index (χ1n) is 3.72. The standard InChI is InChI=1S/C6H8N4O5/c1-15-6(2(11)8-4(7)13)3(12)9-5(14)10-6/h1H3,(H3,7,8,11,13)(H2,9,10,12,14). The molecule has 0 saturated carbocycles. The smallest absolute Gasteiger partial charge is 0.324 e. The number of nitrogens with two attached hydrogens (primary N) is 1. The molecule has 15 heavy (non-hydrogen) atoms. The maximum absolute atomic E-state index is 11.4. The van der Waals surface area contributed by atoms with Crippen molar-refractivity contribution in [2.45, 2.75) is 5.72 Å². The molecule has 5 N–H and O–H groups in total. The molecular formula is C6H8N4O5. The Morgan fingerprint density at radius 3 is 2.40 bits per heavy atom. The van der Waals surface area contributed by atoms with E-state index >= 15 is 0 Å². The van der Waals surface area contributed by atoms with Crippen LogP contribution in [0, 0.1) is 0 Å². The van der Waals surface area contributed by atoms with Crippen LogP contribution < -0.4 is 21.7 Å². The van der Waals surface area contributed by atoms with Crippen LogP contribution in [0.25, 0.3) is 0 Å². The highest BCUT2D eigenvalue weighted by molar-refractivity contribution is 6.20. The zero-order valence-corrected chi connectivity index (χ0v) is 7.62. The molecule has 1 aliphatic heterocycles. The largest absolute Gasteiger partial charge is 0.351 e. The number of primary amides is 1. The van der Waals surface area contributed by atoms with Crippen molar-refractivity contribution in [1.82, 2.24) is 16.0 Å². The second-order valence-electron chi connectivity index (χ2n) is 2.61. The van der Waals surface area contributed by atoms with Crippen molar-refractivity contribution >= 4 is 23.9 Å². The number of imide groups is 2. The van der Waals surface area contributed by atoms with Crippen LogP contribution in [0.1, 0.15) is 0 Å². The Morgan fingerprint density at radius 1 is 1.47 bits per heavy atom. The third-order valence-electron chi connectivity index (χ3n) is 1.70. The lowest BCUT2D eigenvalue weighted by Gasteiger charge is -2.21. The molecular weight excluding hydrogens is 208 g/mol. The molecule has 0 aromatic carbocycles.